The van der Waals surface area contributed by atoms with Crippen LogP contribution in [0.2, 0.25) is 0 Å². The molecule has 0 saturated heterocycles. The number of carbonyl (C=O) groups excluding carboxylic acids is 1. The summed E-state index contributed by atoms with van der Waals surface area (Å²) in [5.74, 6) is 0.0949. The number of nitrogens with two attached hydrogens (primary N) is 1. The average molecular weight is 270 g/mol. The molecule has 0 unspecified atom stereocenters. The number of fused-ring (bicyclic) bond motifs is 1. The van der Waals surface area contributed by atoms with Gasteiger partial charge in [-0.3, -0.25) is 9.20 Å². The van der Waals surface area contributed by atoms with Crippen LogP contribution in [0.5, 0.6) is 0 Å². The summed E-state index contributed by atoms with van der Waals surface area (Å²) >= 11 is 3.32. The Balaban J connectivity index is 2.39. The van der Waals surface area contributed by atoms with Crippen LogP contribution in [0, 0.1) is 0 Å². The van der Waals surface area contributed by atoms with E-state index in [0.29, 0.717) is 5.95 Å². The topological polar surface area (TPSA) is 85.3 Å². The van der Waals surface area contributed by atoms with Crippen LogP contribution in [0.25, 0.3) is 5.65 Å². The van der Waals surface area contributed by atoms with Crippen LogP contribution in [0.1, 0.15) is 0 Å². The third-order valence-corrected chi connectivity index (χ3v) is 2.36. The number of hydrogen-bond donors (Lipinski definition) is 2. The molecule has 0 fully saturated rings. The fourth-order valence-electron chi connectivity index (χ4n) is 1.19. The number of nitrogens with zero attached hydrogens (tertiary/aromatic N) is 3. The largest absolute Gasteiger partial charge is 0.368 e. The van der Waals surface area contributed by atoms with Crippen LogP contribution in [0.3, 0.4) is 0 Å². The van der Waals surface area contributed by atoms with E-state index in [1.165, 1.54) is 0 Å². The van der Waals surface area contributed by atoms with E-state index in [0.717, 1.165) is 10.1 Å². The number of amides is 1. The normalized spacial score (nSPS) is 10.5. The van der Waals surface area contributed by atoms with Gasteiger partial charge >= 0.3 is 0 Å². The van der Waals surface area contributed by atoms with Gasteiger partial charge in [-0.15, -0.1) is 0 Å². The number of imidazole rings is 1. The van der Waals surface area contributed by atoms with Crippen molar-refractivity contribution in [3.8, 4) is 0 Å². The third kappa shape index (κ3) is 1.91. The van der Waals surface area contributed by atoms with E-state index in [2.05, 4.69) is 31.2 Å². The summed E-state index contributed by atoms with van der Waals surface area (Å²) in [4.78, 5) is 18.8. The van der Waals surface area contributed by atoms with Crippen molar-refractivity contribution in [3.05, 3.63) is 23.1 Å². The van der Waals surface area contributed by atoms with Gasteiger partial charge in [0.15, 0.2) is 5.65 Å². The fourth-order valence-corrected chi connectivity index (χ4v) is 1.58. The van der Waals surface area contributed by atoms with Gasteiger partial charge in [0.1, 0.15) is 0 Å². The highest BCUT2D eigenvalue weighted by Gasteiger charge is 2.06. The van der Waals surface area contributed by atoms with Gasteiger partial charge in [0.2, 0.25) is 11.9 Å². The molecular formula is C8H8BrN5O. The summed E-state index contributed by atoms with van der Waals surface area (Å²) in [6.07, 6.45) is 5.01. The smallest absolute Gasteiger partial charge is 0.236 e. The predicted octanol–water partition coefficient (Wildman–Crippen LogP) is 0.389. The van der Waals surface area contributed by atoms with Gasteiger partial charge in [-0.1, -0.05) is 0 Å². The second-order valence-corrected chi connectivity index (χ2v) is 3.72. The lowest BCUT2D eigenvalue weighted by molar-refractivity contribution is -0.116. The lowest BCUT2D eigenvalue weighted by Crippen LogP contribution is -2.23. The van der Waals surface area contributed by atoms with Crippen molar-refractivity contribution >= 4 is 33.4 Å². The molecular weight excluding hydrogens is 262 g/mol. The first-order valence-electron chi connectivity index (χ1n) is 4.18. The summed E-state index contributed by atoms with van der Waals surface area (Å²) in [6, 6.07) is 0. The second kappa shape index (κ2) is 3.85. The number of halogens is 1. The highest BCUT2D eigenvalue weighted by atomic mass is 79.9. The number of primary amides is 1. The molecule has 0 aliphatic heterocycles. The molecule has 2 aromatic heterocycles. The molecule has 0 radical (unpaired) electrons. The van der Waals surface area contributed by atoms with E-state index >= 15 is 0 Å². The maximum Gasteiger partial charge on any atom is 0.236 e. The Labute approximate surface area is 93.6 Å². The molecule has 2 heterocycles. The minimum Gasteiger partial charge on any atom is -0.368 e. The molecule has 6 nitrogen and oxygen atoms in total. The zero-order valence-corrected chi connectivity index (χ0v) is 9.23. The van der Waals surface area contributed by atoms with E-state index in [4.69, 9.17) is 5.73 Å². The quantitative estimate of drug-likeness (QED) is 0.844. The molecule has 0 aliphatic rings. The molecule has 1 amide bonds. The number of nitrogens with one attached hydrogen (secondary N) is 1. The second-order valence-electron chi connectivity index (χ2n) is 2.87. The minimum atomic E-state index is -0.437. The Bertz CT molecular complexity index is 509. The first-order valence-corrected chi connectivity index (χ1v) is 4.97. The first kappa shape index (κ1) is 9.91. The van der Waals surface area contributed by atoms with Gasteiger partial charge < -0.3 is 11.1 Å². The van der Waals surface area contributed by atoms with Crippen molar-refractivity contribution in [2.45, 2.75) is 0 Å². The van der Waals surface area contributed by atoms with Crippen LogP contribution in [-0.2, 0) is 4.79 Å². The van der Waals surface area contributed by atoms with Crippen LogP contribution in [0.15, 0.2) is 23.1 Å². The standard InChI is InChI=1S/C8H8BrN5O/c9-5-3-12-8(13-4-6(10)15)14-2-1-11-7(5)14/h1-3H,4H2,(H2,10,15)(H,12,13). The molecule has 2 rings (SSSR count). The Hall–Kier alpha value is -1.63. The highest BCUT2D eigenvalue weighted by molar-refractivity contribution is 9.10. The van der Waals surface area contributed by atoms with Gasteiger partial charge in [0.05, 0.1) is 11.0 Å². The van der Waals surface area contributed by atoms with E-state index in [1.54, 1.807) is 23.0 Å². The zero-order valence-electron chi connectivity index (χ0n) is 7.64. The van der Waals surface area contributed by atoms with Crippen molar-refractivity contribution in [3.63, 3.8) is 0 Å². The van der Waals surface area contributed by atoms with Crippen LogP contribution >= 0.6 is 15.9 Å². The van der Waals surface area contributed by atoms with E-state index in [9.17, 15) is 4.79 Å². The minimum absolute atomic E-state index is 0.0436. The molecule has 2 aromatic rings. The summed E-state index contributed by atoms with van der Waals surface area (Å²) in [7, 11) is 0. The average Bonchev–Trinajstić information content (AvgIpc) is 2.66. The molecule has 0 saturated carbocycles. The monoisotopic (exact) mass is 269 g/mol. The van der Waals surface area contributed by atoms with E-state index < -0.39 is 5.91 Å². The molecule has 0 bridgehead atoms. The number of rotatable bonds is 3. The first-order chi connectivity index (χ1) is 7.18. The van der Waals surface area contributed by atoms with E-state index in [1.807, 2.05) is 0 Å². The molecule has 15 heavy (non-hydrogen) atoms. The predicted molar refractivity (Wildman–Crippen MR) is 58.4 cm³/mol. The summed E-state index contributed by atoms with van der Waals surface area (Å²) < 4.78 is 2.52. The van der Waals surface area contributed by atoms with Gasteiger partial charge in [0, 0.05) is 18.6 Å². The van der Waals surface area contributed by atoms with Crippen LogP contribution in [0.4, 0.5) is 5.95 Å². The molecule has 78 valence electrons. The molecule has 0 aromatic carbocycles. The SMILES string of the molecule is NC(=O)CNc1ncc(Br)c2nccn12. The van der Waals surface area contributed by atoms with Crippen LogP contribution in [-0.4, -0.2) is 26.8 Å². The van der Waals surface area contributed by atoms with Crippen molar-refractivity contribution < 1.29 is 4.79 Å². The molecule has 7 heteroatoms. The van der Waals surface area contributed by atoms with Crippen molar-refractivity contribution in [1.29, 1.82) is 0 Å². The Kier molecular flexibility index (Phi) is 2.55. The van der Waals surface area contributed by atoms with Crippen molar-refractivity contribution in [1.82, 2.24) is 14.4 Å². The number of hydrogen-bond acceptors (Lipinski definition) is 4. The van der Waals surface area contributed by atoms with Crippen molar-refractivity contribution in [2.24, 2.45) is 5.73 Å². The number of aromatic nitrogens is 3. The molecule has 3 N–H and O–H groups in total. The molecule has 0 aliphatic carbocycles. The third-order valence-electron chi connectivity index (χ3n) is 1.80. The summed E-state index contributed by atoms with van der Waals surface area (Å²) in [5.41, 5.74) is 5.76. The Morgan fingerprint density at radius 1 is 1.60 bits per heavy atom. The van der Waals surface area contributed by atoms with Gasteiger partial charge in [-0.2, -0.15) is 0 Å². The van der Waals surface area contributed by atoms with Crippen molar-refractivity contribution in [2.75, 3.05) is 11.9 Å². The lowest BCUT2D eigenvalue weighted by Gasteiger charge is -2.06. The summed E-state index contributed by atoms with van der Waals surface area (Å²) in [6.45, 7) is 0.0436. The Morgan fingerprint density at radius 3 is 3.13 bits per heavy atom. The number of carbonyl (C=O) groups is 1. The highest BCUT2D eigenvalue weighted by Crippen LogP contribution is 2.17. The lowest BCUT2D eigenvalue weighted by atomic mass is 10.6. The maximum atomic E-state index is 10.6. The van der Waals surface area contributed by atoms with E-state index in [-0.39, 0.29) is 6.54 Å². The Morgan fingerprint density at radius 2 is 2.40 bits per heavy atom. The van der Waals surface area contributed by atoms with Gasteiger partial charge in [0.25, 0.3) is 0 Å². The maximum absolute atomic E-state index is 10.6. The van der Waals surface area contributed by atoms with Crippen LogP contribution < -0.4 is 11.1 Å². The fraction of sp³-hybridized carbons (Fsp3) is 0.125. The zero-order chi connectivity index (χ0) is 10.8. The van der Waals surface area contributed by atoms with Gasteiger partial charge in [-0.05, 0) is 15.9 Å². The molecule has 0 atom stereocenters. The number of anilines is 1. The summed E-state index contributed by atoms with van der Waals surface area (Å²) in [5, 5.41) is 2.82. The molecule has 0 spiro atoms. The van der Waals surface area contributed by atoms with Gasteiger partial charge in [-0.25, -0.2) is 9.97 Å².